The van der Waals surface area contributed by atoms with Crippen LogP contribution in [-0.2, 0) is 13.0 Å². The predicted molar refractivity (Wildman–Crippen MR) is 109 cm³/mol. The summed E-state index contributed by atoms with van der Waals surface area (Å²) in [5, 5.41) is 2.89. The number of methoxy groups -OCH3 is 2. The molecule has 0 bridgehead atoms. The molecule has 148 valence electrons. The smallest absolute Gasteiger partial charge is 0.253 e. The number of carbonyl (C=O) groups excluding carboxylic acids is 2. The van der Waals surface area contributed by atoms with E-state index in [1.54, 1.807) is 51.5 Å². The quantitative estimate of drug-likeness (QED) is 0.713. The maximum Gasteiger partial charge on any atom is 0.253 e. The van der Waals surface area contributed by atoms with Crippen LogP contribution in [0, 0.1) is 0 Å². The van der Waals surface area contributed by atoms with Gasteiger partial charge in [0.05, 0.1) is 14.2 Å². The number of benzene rings is 2. The number of allylic oxidation sites excluding steroid dienone is 1. The molecule has 2 aromatic carbocycles. The molecule has 0 unspecified atom stereocenters. The summed E-state index contributed by atoms with van der Waals surface area (Å²) in [7, 11) is 6.52. The van der Waals surface area contributed by atoms with Crippen LogP contribution >= 0.6 is 0 Å². The number of carbonyl (C=O) groups is 2. The Hall–Kier alpha value is -3.28. The fourth-order valence-corrected chi connectivity index (χ4v) is 2.79. The van der Waals surface area contributed by atoms with Crippen LogP contribution < -0.4 is 14.8 Å². The van der Waals surface area contributed by atoms with Crippen LogP contribution in [0.5, 0.6) is 11.5 Å². The molecule has 0 saturated heterocycles. The van der Waals surface area contributed by atoms with E-state index >= 15 is 0 Å². The Bertz CT molecular complexity index is 858. The molecule has 0 fully saturated rings. The van der Waals surface area contributed by atoms with Gasteiger partial charge in [0, 0.05) is 37.3 Å². The Morgan fingerprint density at radius 2 is 1.75 bits per heavy atom. The highest BCUT2D eigenvalue weighted by Crippen LogP contribution is 2.33. The summed E-state index contributed by atoms with van der Waals surface area (Å²) in [6.45, 7) is 4.09. The number of nitrogens with zero attached hydrogens (tertiary/aromatic N) is 1. The van der Waals surface area contributed by atoms with Crippen LogP contribution in [0.2, 0.25) is 0 Å². The summed E-state index contributed by atoms with van der Waals surface area (Å²) in [5.41, 5.74) is 2.81. The van der Waals surface area contributed by atoms with Crippen LogP contribution in [0.4, 0.5) is 0 Å². The molecule has 0 atom stereocenters. The molecule has 0 saturated carbocycles. The summed E-state index contributed by atoms with van der Waals surface area (Å²) < 4.78 is 10.8. The second kappa shape index (κ2) is 9.60. The molecule has 0 aliphatic heterocycles. The molecule has 0 heterocycles. The lowest BCUT2D eigenvalue weighted by Crippen LogP contribution is -2.23. The molecule has 2 rings (SSSR count). The molecule has 0 aromatic heterocycles. The molecule has 0 aliphatic carbocycles. The van der Waals surface area contributed by atoms with Gasteiger partial charge in [-0.1, -0.05) is 18.2 Å². The average molecular weight is 382 g/mol. The molecule has 1 N–H and O–H groups in total. The van der Waals surface area contributed by atoms with Crippen LogP contribution in [0.1, 0.15) is 31.8 Å². The first-order valence-electron chi connectivity index (χ1n) is 8.85. The van der Waals surface area contributed by atoms with Gasteiger partial charge in [0.1, 0.15) is 0 Å². The highest BCUT2D eigenvalue weighted by atomic mass is 16.5. The SMILES string of the molecule is C=CCc1cc(C(=O)NCc2ccc(C(=O)N(C)C)cc2)cc(OC)c1OC. The van der Waals surface area contributed by atoms with Crippen molar-refractivity contribution in [3.8, 4) is 11.5 Å². The van der Waals surface area contributed by atoms with E-state index in [1.807, 2.05) is 12.1 Å². The fourth-order valence-electron chi connectivity index (χ4n) is 2.79. The summed E-state index contributed by atoms with van der Waals surface area (Å²) in [6.07, 6.45) is 2.30. The summed E-state index contributed by atoms with van der Waals surface area (Å²) in [5.74, 6) is 0.814. The van der Waals surface area contributed by atoms with Crippen LogP contribution in [0.3, 0.4) is 0 Å². The van der Waals surface area contributed by atoms with Crippen molar-refractivity contribution >= 4 is 11.8 Å². The molecule has 0 aliphatic rings. The van der Waals surface area contributed by atoms with Gasteiger partial charge in [-0.25, -0.2) is 0 Å². The lowest BCUT2D eigenvalue weighted by Gasteiger charge is -2.14. The molecular weight excluding hydrogens is 356 g/mol. The highest BCUT2D eigenvalue weighted by molar-refractivity contribution is 5.95. The molecule has 0 radical (unpaired) electrons. The number of hydrogen-bond donors (Lipinski definition) is 1. The van der Waals surface area contributed by atoms with Gasteiger partial charge in [-0.05, 0) is 36.2 Å². The van der Waals surface area contributed by atoms with E-state index in [0.717, 1.165) is 11.1 Å². The number of rotatable bonds is 8. The van der Waals surface area contributed by atoms with Crippen molar-refractivity contribution in [1.82, 2.24) is 10.2 Å². The van der Waals surface area contributed by atoms with Gasteiger partial charge in [-0.15, -0.1) is 6.58 Å². The first-order valence-corrected chi connectivity index (χ1v) is 8.85. The van der Waals surface area contributed by atoms with Crippen molar-refractivity contribution in [3.05, 3.63) is 71.3 Å². The van der Waals surface area contributed by atoms with E-state index in [0.29, 0.717) is 35.6 Å². The van der Waals surface area contributed by atoms with Crippen molar-refractivity contribution in [2.24, 2.45) is 0 Å². The Labute approximate surface area is 165 Å². The molecule has 28 heavy (non-hydrogen) atoms. The fraction of sp³-hybridized carbons (Fsp3) is 0.273. The van der Waals surface area contributed by atoms with E-state index in [2.05, 4.69) is 11.9 Å². The maximum atomic E-state index is 12.6. The highest BCUT2D eigenvalue weighted by Gasteiger charge is 2.15. The molecule has 6 heteroatoms. The van der Waals surface area contributed by atoms with Crippen LogP contribution in [0.15, 0.2) is 49.1 Å². The number of ether oxygens (including phenoxy) is 2. The van der Waals surface area contributed by atoms with Gasteiger partial charge in [0.2, 0.25) is 0 Å². The average Bonchev–Trinajstić information content (AvgIpc) is 2.71. The van der Waals surface area contributed by atoms with Crippen molar-refractivity contribution < 1.29 is 19.1 Å². The molecule has 0 spiro atoms. The van der Waals surface area contributed by atoms with Crippen molar-refractivity contribution in [2.45, 2.75) is 13.0 Å². The molecule has 2 aromatic rings. The van der Waals surface area contributed by atoms with Gasteiger partial charge in [-0.2, -0.15) is 0 Å². The minimum absolute atomic E-state index is 0.0596. The minimum Gasteiger partial charge on any atom is -0.493 e. The van der Waals surface area contributed by atoms with Gasteiger partial charge in [0.15, 0.2) is 11.5 Å². The maximum absolute atomic E-state index is 12.6. The zero-order valence-electron chi connectivity index (χ0n) is 16.7. The molecular formula is C22H26N2O4. The Morgan fingerprint density at radius 3 is 2.29 bits per heavy atom. The topological polar surface area (TPSA) is 67.9 Å². The third kappa shape index (κ3) is 4.91. The Balaban J connectivity index is 2.13. The van der Waals surface area contributed by atoms with Crippen LogP contribution in [-0.4, -0.2) is 45.0 Å². The van der Waals surface area contributed by atoms with E-state index in [-0.39, 0.29) is 11.8 Å². The van der Waals surface area contributed by atoms with Crippen LogP contribution in [0.25, 0.3) is 0 Å². The van der Waals surface area contributed by atoms with Gasteiger partial charge < -0.3 is 19.7 Å². The van der Waals surface area contributed by atoms with Gasteiger partial charge in [0.25, 0.3) is 11.8 Å². The minimum atomic E-state index is -0.222. The Kier molecular flexibility index (Phi) is 7.21. The number of amides is 2. The van der Waals surface area contributed by atoms with Crippen molar-refractivity contribution in [2.75, 3.05) is 28.3 Å². The summed E-state index contributed by atoms with van der Waals surface area (Å²) in [4.78, 5) is 26.1. The first kappa shape index (κ1) is 21.0. The lowest BCUT2D eigenvalue weighted by atomic mass is 10.0. The Morgan fingerprint density at radius 1 is 1.07 bits per heavy atom. The summed E-state index contributed by atoms with van der Waals surface area (Å²) in [6, 6.07) is 10.6. The van der Waals surface area contributed by atoms with Gasteiger partial charge >= 0.3 is 0 Å². The second-order valence-electron chi connectivity index (χ2n) is 6.44. The zero-order chi connectivity index (χ0) is 20.7. The number of hydrogen-bond acceptors (Lipinski definition) is 4. The third-order valence-corrected chi connectivity index (χ3v) is 4.24. The predicted octanol–water partition coefficient (Wildman–Crippen LogP) is 3.06. The molecule has 6 nitrogen and oxygen atoms in total. The van der Waals surface area contributed by atoms with Gasteiger partial charge in [-0.3, -0.25) is 9.59 Å². The van der Waals surface area contributed by atoms with Crippen molar-refractivity contribution in [1.29, 1.82) is 0 Å². The normalized spacial score (nSPS) is 10.1. The number of nitrogens with one attached hydrogen (secondary N) is 1. The lowest BCUT2D eigenvalue weighted by molar-refractivity contribution is 0.0827. The first-order chi connectivity index (χ1) is 13.4. The monoisotopic (exact) mass is 382 g/mol. The van der Waals surface area contributed by atoms with E-state index in [9.17, 15) is 9.59 Å². The molecule has 2 amide bonds. The van der Waals surface area contributed by atoms with E-state index in [1.165, 1.54) is 12.0 Å². The third-order valence-electron chi connectivity index (χ3n) is 4.24. The van der Waals surface area contributed by atoms with Crippen molar-refractivity contribution in [3.63, 3.8) is 0 Å². The largest absolute Gasteiger partial charge is 0.493 e. The standard InChI is InChI=1S/C22H26N2O4/c1-6-7-17-12-18(13-19(27-4)20(17)28-5)21(25)23-14-15-8-10-16(11-9-15)22(26)24(2)3/h6,8-13H,1,7,14H2,2-5H3,(H,23,25). The zero-order valence-corrected chi connectivity index (χ0v) is 16.7. The van der Waals surface area contributed by atoms with E-state index in [4.69, 9.17) is 9.47 Å². The summed E-state index contributed by atoms with van der Waals surface area (Å²) >= 11 is 0. The second-order valence-corrected chi connectivity index (χ2v) is 6.44. The van der Waals surface area contributed by atoms with E-state index < -0.39 is 0 Å².